The van der Waals surface area contributed by atoms with Crippen molar-refractivity contribution in [1.29, 1.82) is 0 Å². The molecule has 39 heavy (non-hydrogen) atoms. The van der Waals surface area contributed by atoms with Gasteiger partial charge in [0.2, 0.25) is 0 Å². The quantitative estimate of drug-likeness (QED) is 0.388. The number of benzene rings is 2. The minimum absolute atomic E-state index is 0.202. The third-order valence-corrected chi connectivity index (χ3v) is 9.97. The molecule has 2 saturated heterocycles. The molecule has 6 rings (SSSR count). The summed E-state index contributed by atoms with van der Waals surface area (Å²) in [6, 6.07) is 18.3. The number of hydrogen-bond acceptors (Lipinski definition) is 4. The topological polar surface area (TPSA) is 27.9 Å². The first-order valence-electron chi connectivity index (χ1n) is 13.8. The van der Waals surface area contributed by atoms with Gasteiger partial charge < -0.3 is 0 Å². The van der Waals surface area contributed by atoms with Gasteiger partial charge in [-0.1, -0.05) is 0 Å². The molecule has 6 heteroatoms. The van der Waals surface area contributed by atoms with Gasteiger partial charge in [0.15, 0.2) is 0 Å². The second kappa shape index (κ2) is 11.9. The van der Waals surface area contributed by atoms with Gasteiger partial charge in [-0.2, -0.15) is 0 Å². The third kappa shape index (κ3) is 6.05. The number of anilines is 2. The molecule has 0 atom stereocenters. The Morgan fingerprint density at radius 3 is 1.44 bits per heavy atom. The molecular weight excluding hydrogens is 549 g/mol. The van der Waals surface area contributed by atoms with Crippen molar-refractivity contribution < 1.29 is 14.0 Å². The summed E-state index contributed by atoms with van der Waals surface area (Å²) in [5.74, 6) is 0. The normalized spacial score (nSPS) is 19.8. The maximum atomic E-state index is 5.54. The number of morpholine rings is 2. The van der Waals surface area contributed by atoms with Crippen LogP contribution in [0.1, 0.15) is 11.1 Å². The molecule has 0 spiro atoms. The molecule has 4 aliphatic rings. The number of hydrogen-bond donors (Lipinski definition) is 0. The van der Waals surface area contributed by atoms with E-state index >= 15 is 0 Å². The maximum absolute atomic E-state index is 5.54. The molecule has 3 aliphatic heterocycles. The fourth-order valence-electron chi connectivity index (χ4n) is 5.22. The van der Waals surface area contributed by atoms with Gasteiger partial charge in [0.25, 0.3) is 0 Å². The van der Waals surface area contributed by atoms with Crippen LogP contribution in [0, 0.1) is 0 Å². The summed E-state index contributed by atoms with van der Waals surface area (Å²) in [6.07, 6.45) is 13.7. The molecule has 5 nitrogen and oxygen atoms in total. The predicted octanol–water partition coefficient (Wildman–Crippen LogP) is 4.60. The Balaban J connectivity index is 1.32. The zero-order chi connectivity index (χ0) is 26.6. The SMILES string of the molecule is C[N+](C)=C1C=CC(=C2C=C(c3ccc(N4CCOCC4)cc3)[Se]C(c3ccc(N4CCOCC4)cc3)=C2)C=C1. The Bertz CT molecular complexity index is 1280. The van der Waals surface area contributed by atoms with Gasteiger partial charge in [0, 0.05) is 0 Å². The molecule has 2 aromatic rings. The van der Waals surface area contributed by atoms with Gasteiger partial charge in [0.05, 0.1) is 0 Å². The van der Waals surface area contributed by atoms with Crippen LogP contribution in [0.15, 0.2) is 96.1 Å². The Hall–Kier alpha value is -3.15. The van der Waals surface area contributed by atoms with E-state index in [9.17, 15) is 0 Å². The molecule has 0 amide bonds. The van der Waals surface area contributed by atoms with Crippen molar-refractivity contribution in [2.75, 3.05) is 76.5 Å². The van der Waals surface area contributed by atoms with Gasteiger partial charge in [-0.05, 0) is 0 Å². The first-order valence-corrected chi connectivity index (χ1v) is 15.5. The van der Waals surface area contributed by atoms with E-state index in [1.54, 1.807) is 0 Å². The molecule has 3 heterocycles. The molecule has 0 bridgehead atoms. The molecule has 0 saturated carbocycles. The monoisotopic (exact) mass is 586 g/mol. The number of rotatable bonds is 4. The van der Waals surface area contributed by atoms with Crippen LogP contribution in [0.5, 0.6) is 0 Å². The van der Waals surface area contributed by atoms with Crippen molar-refractivity contribution in [3.63, 3.8) is 0 Å². The van der Waals surface area contributed by atoms with E-state index < -0.39 is 0 Å². The van der Waals surface area contributed by atoms with Gasteiger partial charge in [0.1, 0.15) is 0 Å². The minimum atomic E-state index is 0.202. The Morgan fingerprint density at radius 1 is 0.590 bits per heavy atom. The van der Waals surface area contributed by atoms with Crippen LogP contribution >= 0.6 is 0 Å². The fraction of sp³-hybridized carbons (Fsp3) is 0.303. The molecule has 2 fully saturated rings. The molecule has 0 N–H and O–H groups in total. The predicted molar refractivity (Wildman–Crippen MR) is 163 cm³/mol. The molecule has 1 aliphatic carbocycles. The zero-order valence-corrected chi connectivity index (χ0v) is 24.5. The van der Waals surface area contributed by atoms with Crippen LogP contribution in [0.2, 0.25) is 0 Å². The summed E-state index contributed by atoms with van der Waals surface area (Å²) in [7, 11) is 4.17. The number of allylic oxidation sites excluding steroid dienone is 8. The molecule has 0 aromatic heterocycles. The van der Waals surface area contributed by atoms with Crippen LogP contribution in [0.4, 0.5) is 11.4 Å². The van der Waals surface area contributed by atoms with Gasteiger partial charge in [-0.3, -0.25) is 0 Å². The Labute approximate surface area is 238 Å². The van der Waals surface area contributed by atoms with E-state index in [1.165, 1.54) is 48.3 Å². The number of nitrogens with zero attached hydrogens (tertiary/aromatic N) is 3. The van der Waals surface area contributed by atoms with Crippen molar-refractivity contribution in [2.45, 2.75) is 0 Å². The second-order valence-corrected chi connectivity index (χ2v) is 12.6. The van der Waals surface area contributed by atoms with E-state index in [-0.39, 0.29) is 15.0 Å². The van der Waals surface area contributed by atoms with Gasteiger partial charge in [-0.25, -0.2) is 0 Å². The van der Waals surface area contributed by atoms with Crippen molar-refractivity contribution in [3.05, 3.63) is 107 Å². The average molecular weight is 586 g/mol. The van der Waals surface area contributed by atoms with Crippen molar-refractivity contribution in [3.8, 4) is 0 Å². The summed E-state index contributed by atoms with van der Waals surface area (Å²) in [5.41, 5.74) is 8.92. The van der Waals surface area contributed by atoms with Crippen LogP contribution < -0.4 is 9.80 Å². The van der Waals surface area contributed by atoms with E-state index in [4.69, 9.17) is 9.47 Å². The summed E-state index contributed by atoms with van der Waals surface area (Å²) in [4.78, 5) is 4.83. The summed E-state index contributed by atoms with van der Waals surface area (Å²) in [5, 5.41) is 0. The number of ether oxygens (including phenoxy) is 2. The Morgan fingerprint density at radius 2 is 1.03 bits per heavy atom. The third-order valence-electron chi connectivity index (χ3n) is 7.57. The van der Waals surface area contributed by atoms with Crippen LogP contribution in [0.3, 0.4) is 0 Å². The second-order valence-electron chi connectivity index (χ2n) is 10.3. The average Bonchev–Trinajstić information content (AvgIpc) is 3.02. The molecular formula is C33H36N3O2Se+. The first kappa shape index (κ1) is 26.1. The van der Waals surface area contributed by atoms with Crippen molar-refractivity contribution in [1.82, 2.24) is 0 Å². The zero-order valence-electron chi connectivity index (χ0n) is 22.8. The van der Waals surface area contributed by atoms with E-state index in [1.807, 2.05) is 0 Å². The summed E-state index contributed by atoms with van der Waals surface area (Å²) < 4.78 is 16.1. The van der Waals surface area contributed by atoms with Crippen LogP contribution in [-0.2, 0) is 9.47 Å². The molecule has 0 radical (unpaired) electrons. The van der Waals surface area contributed by atoms with Gasteiger partial charge in [-0.15, -0.1) is 0 Å². The first-order chi connectivity index (χ1) is 19.1. The summed E-state index contributed by atoms with van der Waals surface area (Å²) in [6.45, 7) is 7.05. The van der Waals surface area contributed by atoms with Gasteiger partial charge >= 0.3 is 239 Å². The van der Waals surface area contributed by atoms with Crippen LogP contribution in [0.25, 0.3) is 8.94 Å². The Kier molecular flexibility index (Phi) is 7.98. The molecule has 200 valence electrons. The van der Waals surface area contributed by atoms with Crippen molar-refractivity contribution in [2.24, 2.45) is 0 Å². The molecule has 2 aromatic carbocycles. The standard InChI is InChI=1S/C33H36N3O2Se/c1-34(2)29-9-3-25(4-10-29)28-23-32(26-5-11-30(12-6-26)35-15-19-37-20-16-35)39-33(24-28)27-7-13-31(14-8-27)36-17-21-38-22-18-36/h3-14,23-24H,15-22H2,1-2H3/q+1. The van der Waals surface area contributed by atoms with Crippen LogP contribution in [-0.4, -0.2) is 91.9 Å². The van der Waals surface area contributed by atoms with E-state index in [0.717, 1.165) is 52.6 Å². The molecule has 0 unspecified atom stereocenters. The fourth-order valence-corrected chi connectivity index (χ4v) is 7.56. The van der Waals surface area contributed by atoms with Crippen molar-refractivity contribution >= 4 is 41.0 Å². The summed E-state index contributed by atoms with van der Waals surface area (Å²) >= 11 is 0.202. The van der Waals surface area contributed by atoms with E-state index in [0.29, 0.717) is 0 Å². The van der Waals surface area contributed by atoms with E-state index in [2.05, 4.69) is 113 Å².